The third-order valence-electron chi connectivity index (χ3n) is 13.1. The van der Waals surface area contributed by atoms with Crippen molar-refractivity contribution < 1.29 is 26.3 Å². The van der Waals surface area contributed by atoms with Crippen molar-refractivity contribution in [2.75, 3.05) is 4.90 Å². The molecule has 0 amide bonds. The van der Waals surface area contributed by atoms with Crippen LogP contribution >= 0.6 is 0 Å². The molecule has 8 aliphatic carbocycles. The molecule has 1 aromatic heterocycles. The molecular weight excluding hydrogens is 610 g/mol. The highest BCUT2D eigenvalue weighted by atomic mass is 19.4. The molecule has 0 saturated heterocycles. The summed E-state index contributed by atoms with van der Waals surface area (Å²) < 4.78 is 84.6. The van der Waals surface area contributed by atoms with Crippen LogP contribution in [0.15, 0.2) is 60.9 Å². The van der Waals surface area contributed by atoms with Crippen molar-refractivity contribution in [1.29, 1.82) is 0 Å². The first kappa shape index (κ1) is 30.1. The van der Waals surface area contributed by atoms with Gasteiger partial charge in [-0.05, 0) is 177 Å². The van der Waals surface area contributed by atoms with Crippen molar-refractivity contribution in [2.45, 2.75) is 100 Å². The SMILES string of the molecule is FC(F)(F)c1cc(-c2cc(N(c3cccnc3)C34CC5CC(CC(C5)C3)C4)cc(C34CC5CC(CC(C5)C3)C4)c2)cc(C(F)(F)F)c1. The number of hydrogen-bond acceptors (Lipinski definition) is 2. The summed E-state index contributed by atoms with van der Waals surface area (Å²) >= 11 is 0. The summed E-state index contributed by atoms with van der Waals surface area (Å²) in [6.07, 6.45) is 7.57. The summed E-state index contributed by atoms with van der Waals surface area (Å²) in [6, 6.07) is 12.2. The molecule has 0 aliphatic heterocycles. The van der Waals surface area contributed by atoms with E-state index in [-0.39, 0.29) is 22.6 Å². The molecule has 0 unspecified atom stereocenters. The average molecular weight is 651 g/mol. The van der Waals surface area contributed by atoms with Gasteiger partial charge in [0.1, 0.15) is 0 Å². The lowest BCUT2D eigenvalue weighted by Crippen LogP contribution is -2.58. The predicted octanol–water partition coefficient (Wildman–Crippen LogP) is 11.4. The van der Waals surface area contributed by atoms with Crippen molar-refractivity contribution in [3.05, 3.63) is 77.6 Å². The maximum atomic E-state index is 14.1. The van der Waals surface area contributed by atoms with Crippen LogP contribution in [-0.2, 0) is 17.8 Å². The molecule has 0 spiro atoms. The molecule has 8 saturated carbocycles. The van der Waals surface area contributed by atoms with E-state index in [2.05, 4.69) is 22.0 Å². The topological polar surface area (TPSA) is 16.1 Å². The van der Waals surface area contributed by atoms with E-state index in [4.69, 9.17) is 0 Å². The molecule has 11 rings (SSSR count). The van der Waals surface area contributed by atoms with Crippen LogP contribution in [0.3, 0.4) is 0 Å². The normalized spacial score (nSPS) is 35.4. The van der Waals surface area contributed by atoms with Crippen LogP contribution in [0.4, 0.5) is 37.7 Å². The summed E-state index contributed by atoms with van der Waals surface area (Å²) in [7, 11) is 0. The second-order valence-electron chi connectivity index (χ2n) is 16.4. The fourth-order valence-electron chi connectivity index (χ4n) is 12.3. The maximum Gasteiger partial charge on any atom is 0.416 e. The van der Waals surface area contributed by atoms with E-state index in [0.717, 1.165) is 67.6 Å². The van der Waals surface area contributed by atoms with Crippen LogP contribution in [-0.4, -0.2) is 10.5 Å². The lowest BCUT2D eigenvalue weighted by Gasteiger charge is -2.61. The minimum absolute atomic E-state index is 0.0309. The third-order valence-corrected chi connectivity index (χ3v) is 13.1. The zero-order valence-corrected chi connectivity index (χ0v) is 26.4. The number of aromatic nitrogens is 1. The smallest absolute Gasteiger partial charge is 0.334 e. The van der Waals surface area contributed by atoms with E-state index >= 15 is 0 Å². The van der Waals surface area contributed by atoms with Gasteiger partial charge < -0.3 is 4.90 Å². The Morgan fingerprint density at radius 2 is 1.06 bits per heavy atom. The van der Waals surface area contributed by atoms with E-state index in [0.29, 0.717) is 41.1 Å². The number of hydrogen-bond donors (Lipinski definition) is 0. The summed E-state index contributed by atoms with van der Waals surface area (Å²) in [5, 5.41) is 0. The number of benzene rings is 2. The first-order valence-corrected chi connectivity index (χ1v) is 17.5. The molecule has 248 valence electrons. The number of halogens is 6. The summed E-state index contributed by atoms with van der Waals surface area (Å²) in [5.41, 5.74) is 0.533. The van der Waals surface area contributed by atoms with E-state index in [1.165, 1.54) is 38.5 Å². The van der Waals surface area contributed by atoms with E-state index < -0.39 is 23.5 Å². The molecule has 2 nitrogen and oxygen atoms in total. The zero-order chi connectivity index (χ0) is 32.3. The van der Waals surface area contributed by atoms with Crippen molar-refractivity contribution in [1.82, 2.24) is 4.98 Å². The lowest BCUT2D eigenvalue weighted by atomic mass is 9.48. The standard InChI is InChI=1S/C39H40F6N2/c40-38(41,42)32-11-29(12-33(14-32)39(43,44)45)30-10-31(36-16-23-4-24(17-36)6-25(5-23)18-36)15-35(13-30)47(34-2-1-3-46-22-34)37-19-26-7-27(20-37)9-28(8-26)21-37/h1-3,10-15,22-28H,4-9,16-21H2. The monoisotopic (exact) mass is 650 g/mol. The van der Waals surface area contributed by atoms with Crippen LogP contribution in [0.5, 0.6) is 0 Å². The molecule has 0 atom stereocenters. The number of nitrogens with zero attached hydrogens (tertiary/aromatic N) is 2. The summed E-state index contributed by atoms with van der Waals surface area (Å²) in [6.45, 7) is 0. The molecule has 1 heterocycles. The maximum absolute atomic E-state index is 14.1. The van der Waals surface area contributed by atoms with Gasteiger partial charge in [0.2, 0.25) is 0 Å². The highest BCUT2D eigenvalue weighted by Crippen LogP contribution is 2.63. The minimum atomic E-state index is -4.91. The summed E-state index contributed by atoms with van der Waals surface area (Å²) in [4.78, 5) is 6.93. The van der Waals surface area contributed by atoms with Gasteiger partial charge in [-0.2, -0.15) is 26.3 Å². The van der Waals surface area contributed by atoms with Gasteiger partial charge in [-0.15, -0.1) is 0 Å². The quantitative estimate of drug-likeness (QED) is 0.256. The van der Waals surface area contributed by atoms with Crippen LogP contribution in [0.1, 0.15) is 93.7 Å². The van der Waals surface area contributed by atoms with Gasteiger partial charge in [0.15, 0.2) is 0 Å². The lowest BCUT2D eigenvalue weighted by molar-refractivity contribution is -0.143. The zero-order valence-electron chi connectivity index (χ0n) is 26.4. The van der Waals surface area contributed by atoms with Crippen LogP contribution in [0.25, 0.3) is 11.1 Å². The van der Waals surface area contributed by atoms with Crippen molar-refractivity contribution in [2.24, 2.45) is 35.5 Å². The second-order valence-corrected chi connectivity index (χ2v) is 16.4. The second kappa shape index (κ2) is 10.2. The Morgan fingerprint density at radius 3 is 1.53 bits per heavy atom. The number of rotatable bonds is 5. The Labute approximate surface area is 272 Å². The summed E-state index contributed by atoms with van der Waals surface area (Å²) in [5.74, 6) is 3.83. The number of alkyl halides is 6. The molecule has 8 fully saturated rings. The fourth-order valence-corrected chi connectivity index (χ4v) is 12.3. The molecule has 2 aromatic carbocycles. The highest BCUT2D eigenvalue weighted by Gasteiger charge is 2.55. The average Bonchev–Trinajstić information content (AvgIpc) is 2.99. The third kappa shape index (κ3) is 5.10. The molecule has 0 radical (unpaired) electrons. The van der Waals surface area contributed by atoms with Gasteiger partial charge >= 0.3 is 12.4 Å². The van der Waals surface area contributed by atoms with Crippen LogP contribution < -0.4 is 4.90 Å². The van der Waals surface area contributed by atoms with Crippen molar-refractivity contribution >= 4 is 11.4 Å². The van der Waals surface area contributed by atoms with Crippen molar-refractivity contribution in [3.8, 4) is 11.1 Å². The van der Waals surface area contributed by atoms with Gasteiger partial charge in [-0.1, -0.05) is 6.07 Å². The van der Waals surface area contributed by atoms with Crippen LogP contribution in [0, 0.1) is 35.5 Å². The van der Waals surface area contributed by atoms with Gasteiger partial charge in [-0.25, -0.2) is 0 Å². The van der Waals surface area contributed by atoms with Gasteiger partial charge in [0.05, 0.1) is 23.0 Å². The van der Waals surface area contributed by atoms with Gasteiger partial charge in [0.25, 0.3) is 0 Å². The fraction of sp³-hybridized carbons (Fsp3) is 0.564. The molecule has 8 heteroatoms. The number of anilines is 2. The Kier molecular flexibility index (Phi) is 6.55. The van der Waals surface area contributed by atoms with E-state index in [9.17, 15) is 26.3 Å². The first-order chi connectivity index (χ1) is 22.3. The predicted molar refractivity (Wildman–Crippen MR) is 169 cm³/mol. The molecule has 8 bridgehead atoms. The largest absolute Gasteiger partial charge is 0.416 e. The Bertz CT molecular complexity index is 1590. The Morgan fingerprint density at radius 1 is 0.574 bits per heavy atom. The first-order valence-electron chi connectivity index (χ1n) is 17.5. The van der Waals surface area contributed by atoms with Gasteiger partial charge in [0, 0.05) is 17.4 Å². The molecule has 0 N–H and O–H groups in total. The molecule has 47 heavy (non-hydrogen) atoms. The molecule has 8 aliphatic rings. The highest BCUT2D eigenvalue weighted by molar-refractivity contribution is 5.76. The minimum Gasteiger partial charge on any atom is -0.334 e. The van der Waals surface area contributed by atoms with E-state index in [1.54, 1.807) is 6.20 Å². The molecule has 3 aromatic rings. The van der Waals surface area contributed by atoms with E-state index in [1.807, 2.05) is 24.4 Å². The Balaban J connectivity index is 1.27. The number of pyridine rings is 1. The van der Waals surface area contributed by atoms with Crippen molar-refractivity contribution in [3.63, 3.8) is 0 Å². The van der Waals surface area contributed by atoms with Crippen LogP contribution in [0.2, 0.25) is 0 Å². The Hall–Kier alpha value is -3.03. The van der Waals surface area contributed by atoms with Gasteiger partial charge in [-0.3, -0.25) is 4.98 Å². The molecular formula is C39H40F6N2.